The van der Waals surface area contributed by atoms with Crippen LogP contribution < -0.4 is 0 Å². The standard InChI is InChI=1S/C68H66Si2/c1-41(2)69(42(3)4,43(5)6)37-35-51-23-17-29-57-63(51)67-61-49-21-15-27-55(61)65(57)66-56-28-16-22-50(34-32-48-20-14-26-54-39-53-25-13-19-47(31-33-49)59(53)40-60(48)54)62(56)68(67)64-52(24-18-30-58(64)66)36-38-70(44(7)8,45(9)10)46(11)12/h13-30,39-46,65-68H,1-12H3/t65-,66-,67+,68+/m1/s1. The summed E-state index contributed by atoms with van der Waals surface area (Å²) in [4.78, 5) is 0. The Morgan fingerprint density at radius 2 is 0.657 bits per heavy atom. The van der Waals surface area contributed by atoms with Gasteiger partial charge in [0.2, 0.25) is 0 Å². The van der Waals surface area contributed by atoms with Crippen LogP contribution in [0.4, 0.5) is 0 Å². The third-order valence-corrected chi connectivity index (χ3v) is 30.5. The molecule has 0 heterocycles. The van der Waals surface area contributed by atoms with Crippen LogP contribution in [0.2, 0.25) is 33.2 Å². The molecule has 4 atom stereocenters. The van der Waals surface area contributed by atoms with Gasteiger partial charge < -0.3 is 0 Å². The lowest BCUT2D eigenvalue weighted by Crippen LogP contribution is -2.43. The molecule has 2 heteroatoms. The summed E-state index contributed by atoms with van der Waals surface area (Å²) in [6, 6.07) is 46.1. The first-order valence-electron chi connectivity index (χ1n) is 26.3. The second-order valence-corrected chi connectivity index (χ2v) is 34.0. The lowest BCUT2D eigenvalue weighted by atomic mass is 9.51. The normalized spacial score (nSPS) is 18.0. The SMILES string of the molecule is CC(C)[Si](C#Cc1cccc2c1[C@@H]1c3c4cccc3[C@H]2[C@@H]2c3cccc(c3[C@H]1c1c(C#C[Si](C(C)C)(C(C)C)C(C)C)cccc12)C#Cc1cccc2cc3cccc(c3cc12)C#C4)(C(C)C)C(C)C. The van der Waals surface area contributed by atoms with Gasteiger partial charge in [-0.25, -0.2) is 0 Å². The van der Waals surface area contributed by atoms with E-state index in [9.17, 15) is 0 Å². The van der Waals surface area contributed by atoms with Crippen molar-refractivity contribution >= 4 is 37.7 Å². The molecular formula is C68H66Si2. The lowest BCUT2D eigenvalue weighted by molar-refractivity contribution is 0.526. The highest BCUT2D eigenvalue weighted by molar-refractivity contribution is 6.91. The molecule has 7 aromatic carbocycles. The molecule has 0 radical (unpaired) electrons. The average Bonchev–Trinajstić information content (AvgIpc) is 3.32. The van der Waals surface area contributed by atoms with Gasteiger partial charge in [0.25, 0.3) is 0 Å². The van der Waals surface area contributed by atoms with Crippen LogP contribution in [0.1, 0.15) is 185 Å². The summed E-state index contributed by atoms with van der Waals surface area (Å²) < 4.78 is 0. The number of benzene rings is 7. The first kappa shape index (κ1) is 46.1. The highest BCUT2D eigenvalue weighted by Crippen LogP contribution is 2.66. The van der Waals surface area contributed by atoms with Gasteiger partial charge in [0.05, 0.1) is 0 Å². The van der Waals surface area contributed by atoms with Crippen LogP contribution in [0.3, 0.4) is 0 Å². The van der Waals surface area contributed by atoms with Crippen LogP contribution in [0.5, 0.6) is 0 Å². The summed E-state index contributed by atoms with van der Waals surface area (Å²) in [7, 11) is -4.21. The Labute approximate surface area is 421 Å². The van der Waals surface area contributed by atoms with E-state index in [4.69, 9.17) is 0 Å². The van der Waals surface area contributed by atoms with Crippen molar-refractivity contribution in [2.75, 3.05) is 0 Å². The molecule has 0 unspecified atom stereocenters. The summed E-state index contributed by atoms with van der Waals surface area (Å²) in [6.45, 7) is 29.2. The predicted octanol–water partition coefficient (Wildman–Crippen LogP) is 17.1. The number of hydrogen-bond acceptors (Lipinski definition) is 0. The van der Waals surface area contributed by atoms with E-state index in [1.165, 1.54) is 66.4 Å². The van der Waals surface area contributed by atoms with Crippen molar-refractivity contribution in [3.8, 4) is 46.6 Å². The van der Waals surface area contributed by atoms with Crippen molar-refractivity contribution in [1.29, 1.82) is 0 Å². The molecule has 7 aliphatic rings. The highest BCUT2D eigenvalue weighted by atomic mass is 28.3. The van der Waals surface area contributed by atoms with Gasteiger partial charge in [0.15, 0.2) is 0 Å². The van der Waals surface area contributed by atoms with E-state index in [0.29, 0.717) is 33.2 Å². The maximum atomic E-state index is 4.23. The molecule has 0 fully saturated rings. The van der Waals surface area contributed by atoms with E-state index in [2.05, 4.69) is 251 Å². The molecule has 7 aromatic rings. The van der Waals surface area contributed by atoms with E-state index in [-0.39, 0.29) is 23.7 Å². The summed E-state index contributed by atoms with van der Waals surface area (Å²) in [5, 5.41) is 4.71. The molecule has 346 valence electrons. The highest BCUT2D eigenvalue weighted by Gasteiger charge is 2.53. The zero-order valence-electron chi connectivity index (χ0n) is 43.3. The van der Waals surface area contributed by atoms with Gasteiger partial charge in [-0.2, -0.15) is 0 Å². The minimum atomic E-state index is -2.10. The molecular weight excluding hydrogens is 873 g/mol. The minimum Gasteiger partial charge on any atom is -0.125 e. The fourth-order valence-corrected chi connectivity index (χ4v) is 25.4. The first-order chi connectivity index (χ1) is 33.7. The summed E-state index contributed by atoms with van der Waals surface area (Å²) in [6.07, 6.45) is 0. The summed E-state index contributed by atoms with van der Waals surface area (Å²) in [5.74, 6) is 23.6. The maximum absolute atomic E-state index is 4.23. The molecule has 14 rings (SSSR count). The van der Waals surface area contributed by atoms with Crippen LogP contribution in [0, 0.1) is 46.6 Å². The van der Waals surface area contributed by atoms with Gasteiger partial charge in [0, 0.05) is 57.1 Å². The van der Waals surface area contributed by atoms with Gasteiger partial charge in [-0.05, 0) is 148 Å². The largest absolute Gasteiger partial charge is 0.146 e. The second kappa shape index (κ2) is 17.2. The smallest absolute Gasteiger partial charge is 0.125 e. The Morgan fingerprint density at radius 3 is 1.03 bits per heavy atom. The summed E-state index contributed by atoms with van der Waals surface area (Å²) in [5.41, 5.74) is 29.4. The number of rotatable bonds is 6. The van der Waals surface area contributed by atoms with Crippen molar-refractivity contribution in [3.05, 3.63) is 199 Å². The van der Waals surface area contributed by atoms with Crippen molar-refractivity contribution in [1.82, 2.24) is 0 Å². The van der Waals surface area contributed by atoms with Crippen LogP contribution in [0.15, 0.2) is 121 Å². The van der Waals surface area contributed by atoms with Crippen molar-refractivity contribution < 1.29 is 0 Å². The van der Waals surface area contributed by atoms with Crippen molar-refractivity contribution in [3.63, 3.8) is 0 Å². The van der Waals surface area contributed by atoms with Gasteiger partial charge in [-0.3, -0.25) is 0 Å². The molecule has 0 spiro atoms. The zero-order chi connectivity index (χ0) is 49.0. The predicted molar refractivity (Wildman–Crippen MR) is 302 cm³/mol. The fourth-order valence-electron chi connectivity index (χ4n) is 15.0. The van der Waals surface area contributed by atoms with Crippen LogP contribution in [0.25, 0.3) is 21.5 Å². The Kier molecular flexibility index (Phi) is 11.4. The second-order valence-electron chi connectivity index (χ2n) is 22.8. The molecule has 0 nitrogen and oxygen atoms in total. The lowest BCUT2D eigenvalue weighted by Gasteiger charge is -2.51. The number of hydrogen-bond donors (Lipinski definition) is 0. The zero-order valence-corrected chi connectivity index (χ0v) is 45.3. The monoisotopic (exact) mass is 938 g/mol. The van der Waals surface area contributed by atoms with E-state index < -0.39 is 16.1 Å². The van der Waals surface area contributed by atoms with E-state index >= 15 is 0 Å². The maximum Gasteiger partial charge on any atom is 0.146 e. The van der Waals surface area contributed by atoms with E-state index in [1.54, 1.807) is 0 Å². The quantitative estimate of drug-likeness (QED) is 0.0885. The van der Waals surface area contributed by atoms with E-state index in [0.717, 1.165) is 33.0 Å². The first-order valence-corrected chi connectivity index (χ1v) is 30.7. The third kappa shape index (κ3) is 6.75. The van der Waals surface area contributed by atoms with Gasteiger partial charge in [0.1, 0.15) is 16.1 Å². The molecule has 8 bridgehead atoms. The topological polar surface area (TPSA) is 0 Å². The van der Waals surface area contributed by atoms with Crippen LogP contribution in [-0.4, -0.2) is 16.1 Å². The molecule has 0 aromatic heterocycles. The Bertz CT molecular complexity index is 3310. The van der Waals surface area contributed by atoms with Crippen molar-refractivity contribution in [2.24, 2.45) is 0 Å². The van der Waals surface area contributed by atoms with Crippen LogP contribution in [-0.2, 0) is 0 Å². The van der Waals surface area contributed by atoms with Crippen LogP contribution >= 0.6 is 0 Å². The molecule has 0 saturated heterocycles. The fraction of sp³-hybridized carbons (Fsp3) is 0.324. The van der Waals surface area contributed by atoms with Crippen molar-refractivity contribution in [2.45, 2.75) is 140 Å². The Morgan fingerprint density at radius 1 is 0.343 bits per heavy atom. The van der Waals surface area contributed by atoms with E-state index in [1.807, 2.05) is 0 Å². The average molecular weight is 939 g/mol. The Balaban J connectivity index is 1.31. The molecule has 0 amide bonds. The Hall–Kier alpha value is -6.27. The van der Waals surface area contributed by atoms with Gasteiger partial charge in [-0.1, -0.05) is 191 Å². The van der Waals surface area contributed by atoms with Gasteiger partial charge >= 0.3 is 0 Å². The molecule has 0 aliphatic heterocycles. The molecule has 0 saturated carbocycles. The minimum absolute atomic E-state index is 0.0237. The molecule has 0 N–H and O–H groups in total. The molecule has 70 heavy (non-hydrogen) atoms. The third-order valence-electron chi connectivity index (χ3n) is 17.9. The van der Waals surface area contributed by atoms with Gasteiger partial charge in [-0.15, -0.1) is 11.1 Å². The molecule has 7 aliphatic carbocycles. The summed E-state index contributed by atoms with van der Waals surface area (Å²) >= 11 is 0.